The van der Waals surface area contributed by atoms with Gasteiger partial charge in [0, 0.05) is 50.6 Å². The van der Waals surface area contributed by atoms with Crippen LogP contribution in [0.15, 0.2) is 48.7 Å². The number of ether oxygens (including phenoxy) is 1. The number of fused-ring (bicyclic) bond motifs is 1. The summed E-state index contributed by atoms with van der Waals surface area (Å²) in [6.45, 7) is 6.45. The fourth-order valence-electron chi connectivity index (χ4n) is 5.16. The van der Waals surface area contributed by atoms with Gasteiger partial charge in [-0.1, -0.05) is 55.3 Å². The molecule has 1 aromatic heterocycles. The molecule has 1 aliphatic heterocycles. The van der Waals surface area contributed by atoms with Gasteiger partial charge in [0.15, 0.2) is 0 Å². The number of carbonyl (C=O) groups is 1. The zero-order valence-electron chi connectivity index (χ0n) is 18.9. The maximum atomic E-state index is 13.4. The molecule has 1 saturated carbocycles. The Morgan fingerprint density at radius 2 is 1.78 bits per heavy atom. The molecular formula is C26H32N4O2. The number of carbonyl (C=O) groups excluding carboxylic acids is 1. The fraction of sp³-hybridized carbons (Fsp3) is 0.462. The summed E-state index contributed by atoms with van der Waals surface area (Å²) < 4.78 is 7.66. The van der Waals surface area contributed by atoms with Gasteiger partial charge in [0.05, 0.1) is 0 Å². The number of hydrogen-bond acceptors (Lipinski definition) is 4. The molecule has 0 bridgehead atoms. The van der Waals surface area contributed by atoms with Crippen LogP contribution in [0.25, 0.3) is 22.2 Å². The Balaban J connectivity index is 1.40. The van der Waals surface area contributed by atoms with Gasteiger partial charge in [0.1, 0.15) is 18.2 Å². The first-order chi connectivity index (χ1) is 15.7. The number of benzene rings is 2. The molecule has 0 radical (unpaired) electrons. The SMILES string of the molecule is CCOCn1cc(C(=O)N2CCN(C3CCCC3)CC2)nc1-c1cccc2ccccc12. The maximum Gasteiger partial charge on any atom is 0.274 e. The van der Waals surface area contributed by atoms with E-state index in [1.165, 1.54) is 25.7 Å². The molecule has 0 spiro atoms. The van der Waals surface area contributed by atoms with E-state index in [0.29, 0.717) is 19.0 Å². The lowest BCUT2D eigenvalue weighted by Gasteiger charge is -2.37. The van der Waals surface area contributed by atoms with Crippen LogP contribution >= 0.6 is 0 Å². The summed E-state index contributed by atoms with van der Waals surface area (Å²) >= 11 is 0. The first kappa shape index (κ1) is 21.2. The van der Waals surface area contributed by atoms with Crippen molar-refractivity contribution < 1.29 is 9.53 Å². The second kappa shape index (κ2) is 9.43. The molecule has 0 unspecified atom stereocenters. The van der Waals surface area contributed by atoms with Crippen molar-refractivity contribution in [2.24, 2.45) is 0 Å². The molecule has 6 heteroatoms. The highest BCUT2D eigenvalue weighted by Crippen LogP contribution is 2.29. The van der Waals surface area contributed by atoms with Crippen LogP contribution in [0.2, 0.25) is 0 Å². The molecule has 168 valence electrons. The molecule has 32 heavy (non-hydrogen) atoms. The largest absolute Gasteiger partial charge is 0.361 e. The minimum Gasteiger partial charge on any atom is -0.361 e. The lowest BCUT2D eigenvalue weighted by Crippen LogP contribution is -2.51. The van der Waals surface area contributed by atoms with E-state index >= 15 is 0 Å². The Labute approximate surface area is 189 Å². The lowest BCUT2D eigenvalue weighted by molar-refractivity contribution is 0.0567. The smallest absolute Gasteiger partial charge is 0.274 e. The summed E-state index contributed by atoms with van der Waals surface area (Å²) in [5.74, 6) is 0.802. The second-order valence-electron chi connectivity index (χ2n) is 8.83. The predicted octanol–water partition coefficient (Wildman–Crippen LogP) is 4.40. The van der Waals surface area contributed by atoms with Crippen molar-refractivity contribution in [3.05, 3.63) is 54.4 Å². The van der Waals surface area contributed by atoms with E-state index in [0.717, 1.165) is 54.4 Å². The van der Waals surface area contributed by atoms with Crippen molar-refractivity contribution in [1.82, 2.24) is 19.4 Å². The van der Waals surface area contributed by atoms with Crippen molar-refractivity contribution in [2.45, 2.75) is 45.4 Å². The van der Waals surface area contributed by atoms with Gasteiger partial charge in [-0.2, -0.15) is 0 Å². The molecule has 1 saturated heterocycles. The van der Waals surface area contributed by atoms with E-state index in [-0.39, 0.29) is 5.91 Å². The van der Waals surface area contributed by atoms with Crippen molar-refractivity contribution in [2.75, 3.05) is 32.8 Å². The van der Waals surface area contributed by atoms with Gasteiger partial charge in [-0.3, -0.25) is 9.69 Å². The van der Waals surface area contributed by atoms with Crippen molar-refractivity contribution in [1.29, 1.82) is 0 Å². The molecule has 0 N–H and O–H groups in total. The summed E-state index contributed by atoms with van der Waals surface area (Å²) in [5, 5.41) is 2.29. The highest BCUT2D eigenvalue weighted by Gasteiger charge is 2.29. The first-order valence-corrected chi connectivity index (χ1v) is 11.9. The van der Waals surface area contributed by atoms with E-state index < -0.39 is 0 Å². The van der Waals surface area contributed by atoms with E-state index in [2.05, 4.69) is 29.2 Å². The number of amides is 1. The minimum absolute atomic E-state index is 0.0211. The third-order valence-electron chi connectivity index (χ3n) is 6.90. The van der Waals surface area contributed by atoms with Crippen LogP contribution < -0.4 is 0 Å². The van der Waals surface area contributed by atoms with Crippen LogP contribution in [0.1, 0.15) is 43.1 Å². The van der Waals surface area contributed by atoms with Crippen molar-refractivity contribution in [3.63, 3.8) is 0 Å². The molecule has 0 atom stereocenters. The van der Waals surface area contributed by atoms with E-state index in [1.807, 2.05) is 40.8 Å². The number of aromatic nitrogens is 2. The van der Waals surface area contributed by atoms with Gasteiger partial charge in [-0.15, -0.1) is 0 Å². The highest BCUT2D eigenvalue weighted by molar-refractivity contribution is 5.97. The molecule has 1 aliphatic carbocycles. The third kappa shape index (κ3) is 4.17. The molecule has 2 aliphatic rings. The van der Waals surface area contributed by atoms with Gasteiger partial charge in [-0.05, 0) is 30.5 Å². The normalized spacial score (nSPS) is 18.0. The maximum absolute atomic E-state index is 13.4. The number of rotatable bonds is 6. The molecular weight excluding hydrogens is 400 g/mol. The number of nitrogens with zero attached hydrogens (tertiary/aromatic N) is 4. The molecule has 5 rings (SSSR count). The Morgan fingerprint density at radius 1 is 1.03 bits per heavy atom. The zero-order chi connectivity index (χ0) is 21.9. The summed E-state index contributed by atoms with van der Waals surface area (Å²) in [4.78, 5) is 22.7. The van der Waals surface area contributed by atoms with Gasteiger partial charge in [0.25, 0.3) is 5.91 Å². The van der Waals surface area contributed by atoms with Gasteiger partial charge >= 0.3 is 0 Å². The van der Waals surface area contributed by atoms with Crippen LogP contribution in [0, 0.1) is 0 Å². The quantitative estimate of drug-likeness (QED) is 0.579. The van der Waals surface area contributed by atoms with Crippen molar-refractivity contribution >= 4 is 16.7 Å². The van der Waals surface area contributed by atoms with Crippen LogP contribution in [0.5, 0.6) is 0 Å². The number of imidazole rings is 1. The molecule has 6 nitrogen and oxygen atoms in total. The molecule has 1 amide bonds. The van der Waals surface area contributed by atoms with Gasteiger partial charge in [-0.25, -0.2) is 4.98 Å². The average molecular weight is 433 g/mol. The average Bonchev–Trinajstić information content (AvgIpc) is 3.53. The topological polar surface area (TPSA) is 50.6 Å². The third-order valence-corrected chi connectivity index (χ3v) is 6.90. The number of hydrogen-bond donors (Lipinski definition) is 0. The molecule has 2 heterocycles. The Kier molecular flexibility index (Phi) is 6.23. The van der Waals surface area contributed by atoms with E-state index in [4.69, 9.17) is 9.72 Å². The summed E-state index contributed by atoms with van der Waals surface area (Å²) in [6, 6.07) is 15.2. The first-order valence-electron chi connectivity index (χ1n) is 11.9. The van der Waals surface area contributed by atoms with Crippen LogP contribution in [-0.2, 0) is 11.5 Å². The zero-order valence-corrected chi connectivity index (χ0v) is 18.9. The minimum atomic E-state index is 0.0211. The number of piperazine rings is 1. The second-order valence-corrected chi connectivity index (χ2v) is 8.83. The Bertz CT molecular complexity index is 1070. The Morgan fingerprint density at radius 3 is 2.56 bits per heavy atom. The lowest BCUT2D eigenvalue weighted by atomic mass is 10.0. The molecule has 2 fully saturated rings. The summed E-state index contributed by atoms with van der Waals surface area (Å²) in [7, 11) is 0. The van der Waals surface area contributed by atoms with E-state index in [1.54, 1.807) is 0 Å². The van der Waals surface area contributed by atoms with Crippen LogP contribution in [0.3, 0.4) is 0 Å². The van der Waals surface area contributed by atoms with Crippen molar-refractivity contribution in [3.8, 4) is 11.4 Å². The van der Waals surface area contributed by atoms with Crippen LogP contribution in [0.4, 0.5) is 0 Å². The molecule has 3 aromatic rings. The predicted molar refractivity (Wildman–Crippen MR) is 127 cm³/mol. The van der Waals surface area contributed by atoms with Gasteiger partial charge < -0.3 is 14.2 Å². The van der Waals surface area contributed by atoms with Gasteiger partial charge in [0.2, 0.25) is 0 Å². The Hall–Kier alpha value is -2.70. The monoisotopic (exact) mass is 432 g/mol. The fourth-order valence-corrected chi connectivity index (χ4v) is 5.16. The molecule has 2 aromatic carbocycles. The van der Waals surface area contributed by atoms with E-state index in [9.17, 15) is 4.79 Å². The van der Waals surface area contributed by atoms with Crippen LogP contribution in [-0.4, -0.2) is 64.1 Å². The standard InChI is InChI=1S/C26H32N4O2/c1-2-32-19-30-18-24(26(31)29-16-14-28(15-17-29)21-10-4-5-11-21)27-25(30)23-13-7-9-20-8-3-6-12-22(20)23/h3,6-9,12-13,18,21H,2,4-5,10-11,14-17,19H2,1H3. The summed E-state index contributed by atoms with van der Waals surface area (Å²) in [5.41, 5.74) is 1.52. The summed E-state index contributed by atoms with van der Waals surface area (Å²) in [6.07, 6.45) is 7.17. The highest BCUT2D eigenvalue weighted by atomic mass is 16.5.